The number of amides is 1. The Hall–Kier alpha value is -1.76. The molecule has 0 bridgehead atoms. The number of nitrogen functional groups attached to an aromatic ring is 1. The van der Waals surface area contributed by atoms with Crippen molar-refractivity contribution in [3.8, 4) is 0 Å². The van der Waals surface area contributed by atoms with Gasteiger partial charge in [0.2, 0.25) is 5.91 Å². The Kier molecular flexibility index (Phi) is 6.02. The lowest BCUT2D eigenvalue weighted by Crippen LogP contribution is -2.40. The predicted octanol–water partition coefficient (Wildman–Crippen LogP) is 2.79. The van der Waals surface area contributed by atoms with Crippen LogP contribution in [0.1, 0.15) is 18.9 Å². The number of rotatable bonds is 6. The van der Waals surface area contributed by atoms with Gasteiger partial charge >= 0.3 is 6.18 Å². The molecule has 118 valence electrons. The van der Waals surface area contributed by atoms with Crippen LogP contribution in [0, 0.1) is 6.92 Å². The summed E-state index contributed by atoms with van der Waals surface area (Å²) in [4.78, 5) is 13.0. The van der Waals surface area contributed by atoms with Crippen molar-refractivity contribution in [3.05, 3.63) is 23.8 Å². The zero-order valence-electron chi connectivity index (χ0n) is 12.1. The number of halogens is 3. The average Bonchev–Trinajstić information content (AvgIpc) is 2.33. The summed E-state index contributed by atoms with van der Waals surface area (Å²) in [5.41, 5.74) is 7.45. The van der Waals surface area contributed by atoms with Crippen LogP contribution >= 0.6 is 0 Å². The highest BCUT2D eigenvalue weighted by atomic mass is 19.4. The van der Waals surface area contributed by atoms with Crippen LogP contribution in [0.5, 0.6) is 0 Å². The molecular formula is C14H20F3N3O. The number of anilines is 2. The first kappa shape index (κ1) is 17.3. The van der Waals surface area contributed by atoms with Crippen molar-refractivity contribution in [1.29, 1.82) is 0 Å². The lowest BCUT2D eigenvalue weighted by Gasteiger charge is -2.22. The number of hydrogen-bond acceptors (Lipinski definition) is 3. The standard InChI is InChI=1S/C14H20F3N3O/c1-3-7-20(9-14(15,16)17)8-13(21)19-12-6-4-5-11(18)10(12)2/h4-6H,3,7-9,18H2,1-2H3,(H,19,21). The fraction of sp³-hybridized carbons (Fsp3) is 0.500. The maximum atomic E-state index is 12.4. The first-order valence-corrected chi connectivity index (χ1v) is 6.67. The van der Waals surface area contributed by atoms with Crippen LogP contribution in [0.25, 0.3) is 0 Å². The van der Waals surface area contributed by atoms with E-state index in [9.17, 15) is 18.0 Å². The highest BCUT2D eigenvalue weighted by Gasteiger charge is 2.31. The minimum atomic E-state index is -4.32. The molecule has 1 aromatic rings. The third-order valence-electron chi connectivity index (χ3n) is 2.96. The summed E-state index contributed by atoms with van der Waals surface area (Å²) in [6.07, 6.45) is -3.77. The average molecular weight is 303 g/mol. The number of nitrogens with two attached hydrogens (primary N) is 1. The molecule has 1 rings (SSSR count). The molecule has 0 aliphatic heterocycles. The highest BCUT2D eigenvalue weighted by molar-refractivity contribution is 5.93. The topological polar surface area (TPSA) is 58.4 Å². The Morgan fingerprint density at radius 3 is 2.62 bits per heavy atom. The van der Waals surface area contributed by atoms with Crippen molar-refractivity contribution >= 4 is 17.3 Å². The van der Waals surface area contributed by atoms with Crippen LogP contribution in [-0.4, -0.2) is 36.6 Å². The highest BCUT2D eigenvalue weighted by Crippen LogP contribution is 2.21. The maximum Gasteiger partial charge on any atom is 0.401 e. The summed E-state index contributed by atoms with van der Waals surface area (Å²) in [5.74, 6) is -0.485. The maximum absolute atomic E-state index is 12.4. The van der Waals surface area contributed by atoms with Crippen LogP contribution in [0.3, 0.4) is 0 Å². The van der Waals surface area contributed by atoms with Crippen molar-refractivity contribution in [2.75, 3.05) is 30.7 Å². The van der Waals surface area contributed by atoms with Crippen LogP contribution in [-0.2, 0) is 4.79 Å². The number of nitrogens with zero attached hydrogens (tertiary/aromatic N) is 1. The number of hydrogen-bond donors (Lipinski definition) is 2. The van der Waals surface area contributed by atoms with Crippen molar-refractivity contribution in [2.45, 2.75) is 26.4 Å². The molecule has 0 aromatic heterocycles. The molecule has 0 atom stereocenters. The van der Waals surface area contributed by atoms with Crippen LogP contribution < -0.4 is 11.1 Å². The Morgan fingerprint density at radius 1 is 1.38 bits per heavy atom. The molecule has 7 heteroatoms. The molecule has 0 saturated carbocycles. The quantitative estimate of drug-likeness (QED) is 0.795. The summed E-state index contributed by atoms with van der Waals surface area (Å²) >= 11 is 0. The molecule has 1 amide bonds. The number of benzene rings is 1. The number of alkyl halides is 3. The van der Waals surface area contributed by atoms with E-state index in [2.05, 4.69) is 5.32 Å². The summed E-state index contributed by atoms with van der Waals surface area (Å²) in [6, 6.07) is 5.03. The molecule has 0 aliphatic carbocycles. The lowest BCUT2D eigenvalue weighted by molar-refractivity contribution is -0.147. The molecule has 3 N–H and O–H groups in total. The van der Waals surface area contributed by atoms with E-state index in [1.54, 1.807) is 32.0 Å². The van der Waals surface area contributed by atoms with Gasteiger partial charge in [0.05, 0.1) is 13.1 Å². The minimum Gasteiger partial charge on any atom is -0.398 e. The van der Waals surface area contributed by atoms with Crippen LogP contribution in [0.15, 0.2) is 18.2 Å². The molecule has 0 heterocycles. The fourth-order valence-electron chi connectivity index (χ4n) is 1.97. The predicted molar refractivity (Wildman–Crippen MR) is 77.0 cm³/mol. The van der Waals surface area contributed by atoms with Gasteiger partial charge in [-0.15, -0.1) is 0 Å². The molecule has 0 spiro atoms. The minimum absolute atomic E-state index is 0.211. The summed E-state index contributed by atoms with van der Waals surface area (Å²) in [7, 11) is 0. The van der Waals surface area contributed by atoms with Crippen molar-refractivity contribution in [1.82, 2.24) is 4.90 Å². The molecule has 1 aromatic carbocycles. The van der Waals surface area contributed by atoms with E-state index >= 15 is 0 Å². The van der Waals surface area contributed by atoms with E-state index in [1.165, 1.54) is 0 Å². The van der Waals surface area contributed by atoms with Crippen molar-refractivity contribution in [3.63, 3.8) is 0 Å². The molecular weight excluding hydrogens is 283 g/mol. The molecule has 0 unspecified atom stereocenters. The Balaban J connectivity index is 2.67. The van der Waals surface area contributed by atoms with E-state index in [0.29, 0.717) is 23.4 Å². The van der Waals surface area contributed by atoms with Gasteiger partial charge in [-0.05, 0) is 37.6 Å². The van der Waals surface area contributed by atoms with E-state index in [4.69, 9.17) is 5.73 Å². The number of nitrogens with one attached hydrogen (secondary N) is 1. The summed E-state index contributed by atoms with van der Waals surface area (Å²) in [5, 5.41) is 2.60. The van der Waals surface area contributed by atoms with Gasteiger partial charge in [-0.3, -0.25) is 9.69 Å². The summed E-state index contributed by atoms with van der Waals surface area (Å²) in [6.45, 7) is 2.32. The largest absolute Gasteiger partial charge is 0.401 e. The second kappa shape index (κ2) is 7.31. The van der Waals surface area contributed by atoms with Crippen LogP contribution in [0.2, 0.25) is 0 Å². The normalized spacial score (nSPS) is 11.7. The molecule has 4 nitrogen and oxygen atoms in total. The monoisotopic (exact) mass is 303 g/mol. The van der Waals surface area contributed by atoms with Gasteiger partial charge < -0.3 is 11.1 Å². The SMILES string of the molecule is CCCN(CC(=O)Nc1cccc(N)c1C)CC(F)(F)F. The van der Waals surface area contributed by atoms with E-state index < -0.39 is 18.6 Å². The third-order valence-corrected chi connectivity index (χ3v) is 2.96. The van der Waals surface area contributed by atoms with Gasteiger partial charge in [-0.25, -0.2) is 0 Å². The molecule has 0 radical (unpaired) electrons. The zero-order chi connectivity index (χ0) is 16.0. The first-order chi connectivity index (χ1) is 9.73. The van der Waals surface area contributed by atoms with E-state index in [1.807, 2.05) is 0 Å². The Bertz CT molecular complexity index is 489. The van der Waals surface area contributed by atoms with Gasteiger partial charge in [0, 0.05) is 11.4 Å². The van der Waals surface area contributed by atoms with Gasteiger partial charge in [0.25, 0.3) is 0 Å². The first-order valence-electron chi connectivity index (χ1n) is 6.67. The molecule has 0 fully saturated rings. The van der Waals surface area contributed by atoms with E-state index in [0.717, 1.165) is 4.90 Å². The van der Waals surface area contributed by atoms with Crippen molar-refractivity contribution < 1.29 is 18.0 Å². The molecule has 21 heavy (non-hydrogen) atoms. The number of carbonyl (C=O) groups is 1. The second-order valence-corrected chi connectivity index (χ2v) is 4.89. The Morgan fingerprint density at radius 2 is 2.05 bits per heavy atom. The number of carbonyl (C=O) groups excluding carboxylic acids is 1. The van der Waals surface area contributed by atoms with Crippen LogP contribution in [0.4, 0.5) is 24.5 Å². The van der Waals surface area contributed by atoms with E-state index in [-0.39, 0.29) is 13.1 Å². The molecule has 0 aliphatic rings. The molecule has 0 saturated heterocycles. The third kappa shape index (κ3) is 6.03. The van der Waals surface area contributed by atoms with Gasteiger partial charge in [-0.1, -0.05) is 13.0 Å². The van der Waals surface area contributed by atoms with Gasteiger partial charge in [-0.2, -0.15) is 13.2 Å². The van der Waals surface area contributed by atoms with Gasteiger partial charge in [0.15, 0.2) is 0 Å². The summed E-state index contributed by atoms with van der Waals surface area (Å²) < 4.78 is 37.3. The smallest absolute Gasteiger partial charge is 0.398 e. The lowest BCUT2D eigenvalue weighted by atomic mass is 10.1. The zero-order valence-corrected chi connectivity index (χ0v) is 12.1. The van der Waals surface area contributed by atoms with Crippen molar-refractivity contribution in [2.24, 2.45) is 0 Å². The Labute approximate surface area is 122 Å². The van der Waals surface area contributed by atoms with Gasteiger partial charge in [0.1, 0.15) is 0 Å². The second-order valence-electron chi connectivity index (χ2n) is 4.89. The fourth-order valence-corrected chi connectivity index (χ4v) is 1.97.